The molecule has 1 aliphatic carbocycles. The molecule has 0 radical (unpaired) electrons. The molecule has 0 bridgehead atoms. The fourth-order valence-electron chi connectivity index (χ4n) is 3.95. The van der Waals surface area contributed by atoms with Gasteiger partial charge in [-0.2, -0.15) is 5.10 Å². The van der Waals surface area contributed by atoms with E-state index < -0.39 is 0 Å². The Morgan fingerprint density at radius 3 is 2.48 bits per heavy atom. The third-order valence-corrected chi connectivity index (χ3v) is 6.28. The molecule has 6 heteroatoms. The molecule has 2 heterocycles. The summed E-state index contributed by atoms with van der Waals surface area (Å²) in [6.45, 7) is 13.1. The standard InChI is InChI=1S/C21H34N4O2/c1-14(2)19-13-23(10-8-21(27)24(19)12-18-6-7-18)20(26)9-11-25-17(5)15(3)16(4)22-25/h14,18-19H,6-13H2,1-5H3. The van der Waals surface area contributed by atoms with Gasteiger partial charge in [0.15, 0.2) is 0 Å². The number of aromatic nitrogens is 2. The Labute approximate surface area is 162 Å². The minimum Gasteiger partial charge on any atom is -0.340 e. The number of aryl methyl sites for hydroxylation is 2. The van der Waals surface area contributed by atoms with Crippen molar-refractivity contribution >= 4 is 11.8 Å². The van der Waals surface area contributed by atoms with Crippen LogP contribution in [-0.2, 0) is 16.1 Å². The Kier molecular flexibility index (Phi) is 5.92. The van der Waals surface area contributed by atoms with Crippen molar-refractivity contribution in [3.05, 3.63) is 17.0 Å². The maximum Gasteiger partial charge on any atom is 0.224 e. The van der Waals surface area contributed by atoms with E-state index >= 15 is 0 Å². The first kappa shape index (κ1) is 19.9. The van der Waals surface area contributed by atoms with Gasteiger partial charge in [-0.3, -0.25) is 14.3 Å². The van der Waals surface area contributed by atoms with Crippen molar-refractivity contribution in [2.45, 2.75) is 72.9 Å². The third-order valence-electron chi connectivity index (χ3n) is 6.28. The SMILES string of the molecule is Cc1nn(CCC(=O)N2CCC(=O)N(CC3CC3)C(C(C)C)C2)c(C)c1C. The van der Waals surface area contributed by atoms with Crippen LogP contribution in [0.2, 0.25) is 0 Å². The van der Waals surface area contributed by atoms with Crippen molar-refractivity contribution < 1.29 is 9.59 Å². The zero-order valence-electron chi connectivity index (χ0n) is 17.5. The lowest BCUT2D eigenvalue weighted by Crippen LogP contribution is -2.48. The number of nitrogens with zero attached hydrogens (tertiary/aromatic N) is 4. The maximum absolute atomic E-state index is 12.9. The van der Waals surface area contributed by atoms with Gasteiger partial charge in [-0.25, -0.2) is 0 Å². The summed E-state index contributed by atoms with van der Waals surface area (Å²) < 4.78 is 1.94. The summed E-state index contributed by atoms with van der Waals surface area (Å²) in [4.78, 5) is 29.6. The van der Waals surface area contributed by atoms with Gasteiger partial charge in [0.05, 0.1) is 11.7 Å². The van der Waals surface area contributed by atoms with E-state index in [1.54, 1.807) is 0 Å². The van der Waals surface area contributed by atoms with E-state index in [0.29, 0.717) is 44.3 Å². The van der Waals surface area contributed by atoms with Crippen molar-refractivity contribution in [2.24, 2.45) is 11.8 Å². The number of hydrogen-bond donors (Lipinski definition) is 0. The zero-order chi connectivity index (χ0) is 19.7. The summed E-state index contributed by atoms with van der Waals surface area (Å²) in [6, 6.07) is 0.125. The van der Waals surface area contributed by atoms with Crippen LogP contribution in [0.25, 0.3) is 0 Å². The van der Waals surface area contributed by atoms with E-state index in [4.69, 9.17) is 0 Å². The monoisotopic (exact) mass is 374 g/mol. The average molecular weight is 375 g/mol. The molecule has 150 valence electrons. The average Bonchev–Trinajstić information content (AvgIpc) is 3.42. The van der Waals surface area contributed by atoms with Gasteiger partial charge < -0.3 is 9.80 Å². The Morgan fingerprint density at radius 2 is 1.93 bits per heavy atom. The van der Waals surface area contributed by atoms with Crippen LogP contribution < -0.4 is 0 Å². The number of hydrogen-bond acceptors (Lipinski definition) is 3. The molecular formula is C21H34N4O2. The summed E-state index contributed by atoms with van der Waals surface area (Å²) >= 11 is 0. The van der Waals surface area contributed by atoms with Gasteiger partial charge in [0.25, 0.3) is 0 Å². The fourth-order valence-corrected chi connectivity index (χ4v) is 3.95. The second kappa shape index (κ2) is 8.03. The summed E-state index contributed by atoms with van der Waals surface area (Å²) in [5.41, 5.74) is 3.34. The first-order chi connectivity index (χ1) is 12.8. The Bertz CT molecular complexity index is 705. The van der Waals surface area contributed by atoms with E-state index in [0.717, 1.165) is 17.9 Å². The molecule has 1 saturated carbocycles. The van der Waals surface area contributed by atoms with Gasteiger partial charge in [0.1, 0.15) is 0 Å². The summed E-state index contributed by atoms with van der Waals surface area (Å²) in [7, 11) is 0. The van der Waals surface area contributed by atoms with E-state index in [2.05, 4.69) is 37.7 Å². The van der Waals surface area contributed by atoms with Crippen LogP contribution in [-0.4, -0.2) is 57.1 Å². The van der Waals surface area contributed by atoms with Crippen LogP contribution in [0.4, 0.5) is 0 Å². The third kappa shape index (κ3) is 4.53. The lowest BCUT2D eigenvalue weighted by atomic mass is 10.0. The quantitative estimate of drug-likeness (QED) is 0.769. The van der Waals surface area contributed by atoms with Crippen LogP contribution in [0.1, 0.15) is 56.5 Å². The highest BCUT2D eigenvalue weighted by molar-refractivity contribution is 5.80. The highest BCUT2D eigenvalue weighted by Gasteiger charge is 2.36. The van der Waals surface area contributed by atoms with Crippen LogP contribution in [0.3, 0.4) is 0 Å². The maximum atomic E-state index is 12.9. The molecular weight excluding hydrogens is 340 g/mol. The molecule has 1 aromatic rings. The largest absolute Gasteiger partial charge is 0.340 e. The summed E-state index contributed by atoms with van der Waals surface area (Å²) in [5, 5.41) is 4.54. The predicted molar refractivity (Wildman–Crippen MR) is 105 cm³/mol. The molecule has 0 N–H and O–H groups in total. The highest BCUT2D eigenvalue weighted by atomic mass is 16.2. The predicted octanol–water partition coefficient (Wildman–Crippen LogP) is 2.69. The molecule has 1 unspecified atom stereocenters. The molecule has 0 aromatic carbocycles. The highest BCUT2D eigenvalue weighted by Crippen LogP contribution is 2.32. The molecule has 0 spiro atoms. The van der Waals surface area contributed by atoms with Crippen molar-refractivity contribution in [1.82, 2.24) is 19.6 Å². The smallest absolute Gasteiger partial charge is 0.224 e. The van der Waals surface area contributed by atoms with Gasteiger partial charge in [-0.05, 0) is 51.0 Å². The van der Waals surface area contributed by atoms with E-state index in [-0.39, 0.29) is 17.9 Å². The second-order valence-electron chi connectivity index (χ2n) is 8.66. The normalized spacial score (nSPS) is 21.1. The van der Waals surface area contributed by atoms with Crippen molar-refractivity contribution in [2.75, 3.05) is 19.6 Å². The molecule has 1 aromatic heterocycles. The first-order valence-electron chi connectivity index (χ1n) is 10.4. The Morgan fingerprint density at radius 1 is 1.22 bits per heavy atom. The second-order valence-corrected chi connectivity index (χ2v) is 8.66. The van der Waals surface area contributed by atoms with Gasteiger partial charge in [-0.15, -0.1) is 0 Å². The molecule has 3 rings (SSSR count). The van der Waals surface area contributed by atoms with Gasteiger partial charge in [0.2, 0.25) is 11.8 Å². The molecule has 27 heavy (non-hydrogen) atoms. The first-order valence-corrected chi connectivity index (χ1v) is 10.4. The van der Waals surface area contributed by atoms with Gasteiger partial charge >= 0.3 is 0 Å². The lowest BCUT2D eigenvalue weighted by molar-refractivity contribution is -0.134. The Balaban J connectivity index is 1.65. The van der Waals surface area contributed by atoms with Crippen LogP contribution in [0.15, 0.2) is 0 Å². The number of carbonyl (C=O) groups excluding carboxylic acids is 2. The van der Waals surface area contributed by atoms with E-state index in [1.807, 2.05) is 16.5 Å². The van der Waals surface area contributed by atoms with Gasteiger partial charge in [0, 0.05) is 44.7 Å². The molecule has 1 atom stereocenters. The van der Waals surface area contributed by atoms with Crippen molar-refractivity contribution in [3.63, 3.8) is 0 Å². The Hall–Kier alpha value is -1.85. The van der Waals surface area contributed by atoms with Crippen LogP contribution >= 0.6 is 0 Å². The van der Waals surface area contributed by atoms with E-state index in [1.165, 1.54) is 18.4 Å². The van der Waals surface area contributed by atoms with E-state index in [9.17, 15) is 9.59 Å². The topological polar surface area (TPSA) is 58.4 Å². The van der Waals surface area contributed by atoms with Crippen LogP contribution in [0, 0.1) is 32.6 Å². The van der Waals surface area contributed by atoms with Gasteiger partial charge in [-0.1, -0.05) is 13.8 Å². The summed E-state index contributed by atoms with van der Waals surface area (Å²) in [6.07, 6.45) is 3.35. The summed E-state index contributed by atoms with van der Waals surface area (Å²) in [5.74, 6) is 1.36. The minimum atomic E-state index is 0.125. The molecule has 1 aliphatic heterocycles. The minimum absolute atomic E-state index is 0.125. The lowest BCUT2D eigenvalue weighted by Gasteiger charge is -2.34. The number of amides is 2. The zero-order valence-corrected chi connectivity index (χ0v) is 17.5. The molecule has 2 fully saturated rings. The molecule has 2 amide bonds. The van der Waals surface area contributed by atoms with Crippen molar-refractivity contribution in [1.29, 1.82) is 0 Å². The number of carbonyl (C=O) groups is 2. The molecule has 1 saturated heterocycles. The van der Waals surface area contributed by atoms with Crippen LogP contribution in [0.5, 0.6) is 0 Å². The van der Waals surface area contributed by atoms with Crippen molar-refractivity contribution in [3.8, 4) is 0 Å². The molecule has 6 nitrogen and oxygen atoms in total. The number of rotatable bonds is 6. The fraction of sp³-hybridized carbons (Fsp3) is 0.762. The molecule has 2 aliphatic rings.